The quantitative estimate of drug-likeness (QED) is 0.703. The molecule has 1 aliphatic rings. The first-order valence-corrected chi connectivity index (χ1v) is 8.81. The molecule has 6 heteroatoms. The summed E-state index contributed by atoms with van der Waals surface area (Å²) in [7, 11) is 0. The molecule has 4 rings (SSSR count). The molecule has 27 heavy (non-hydrogen) atoms. The Morgan fingerprint density at radius 3 is 2.63 bits per heavy atom. The highest BCUT2D eigenvalue weighted by atomic mass is 19.1. The van der Waals surface area contributed by atoms with Crippen LogP contribution >= 0.6 is 0 Å². The van der Waals surface area contributed by atoms with Crippen molar-refractivity contribution in [1.82, 2.24) is 9.88 Å². The second-order valence-corrected chi connectivity index (χ2v) is 6.45. The Morgan fingerprint density at radius 2 is 1.89 bits per heavy atom. The Morgan fingerprint density at radius 1 is 1.15 bits per heavy atom. The van der Waals surface area contributed by atoms with Crippen molar-refractivity contribution in [2.24, 2.45) is 0 Å². The Kier molecular flexibility index (Phi) is 4.73. The smallest absolute Gasteiger partial charge is 0.276 e. The first-order valence-electron chi connectivity index (χ1n) is 8.81. The number of nitrogens with zero attached hydrogens (tertiary/aromatic N) is 2. The molecule has 138 valence electrons. The maximum absolute atomic E-state index is 13.1. The highest BCUT2D eigenvalue weighted by Crippen LogP contribution is 2.26. The Bertz CT molecular complexity index is 938. The molecule has 5 nitrogen and oxygen atoms in total. The highest BCUT2D eigenvalue weighted by Gasteiger charge is 2.29. The van der Waals surface area contributed by atoms with Crippen LogP contribution in [-0.2, 0) is 4.74 Å². The summed E-state index contributed by atoms with van der Waals surface area (Å²) in [6.07, 6.45) is -0.288. The number of hydrogen-bond donors (Lipinski definition) is 0. The average molecular weight is 366 g/mol. The summed E-state index contributed by atoms with van der Waals surface area (Å²) < 4.78 is 24.6. The molecular formula is C21H19FN2O3. The van der Waals surface area contributed by atoms with Crippen LogP contribution in [0.2, 0.25) is 0 Å². The van der Waals surface area contributed by atoms with E-state index in [4.69, 9.17) is 9.15 Å². The van der Waals surface area contributed by atoms with Crippen LogP contribution in [0.4, 0.5) is 4.39 Å². The van der Waals surface area contributed by atoms with Crippen molar-refractivity contribution in [1.29, 1.82) is 0 Å². The minimum atomic E-state index is -0.297. The number of ether oxygens (including phenoxy) is 1. The molecule has 0 spiro atoms. The molecule has 1 unspecified atom stereocenters. The van der Waals surface area contributed by atoms with Crippen LogP contribution in [0.5, 0.6) is 0 Å². The minimum absolute atomic E-state index is 0.186. The van der Waals surface area contributed by atoms with Gasteiger partial charge >= 0.3 is 0 Å². The number of aryl methyl sites for hydroxylation is 1. The maximum atomic E-state index is 13.1. The standard InChI is InChI=1S/C21H19FN2O3/c1-14-19(23-20(27-14)16-5-3-2-4-6-16)21(25)24-11-12-26-18(13-24)15-7-9-17(22)10-8-15/h2-10,18H,11-13H2,1H3. The number of rotatable bonds is 3. The van der Waals surface area contributed by atoms with E-state index in [2.05, 4.69) is 4.98 Å². The third-order valence-electron chi connectivity index (χ3n) is 4.62. The number of benzene rings is 2. The molecule has 1 aromatic heterocycles. The third kappa shape index (κ3) is 3.61. The molecule has 0 bridgehead atoms. The van der Waals surface area contributed by atoms with E-state index in [1.807, 2.05) is 30.3 Å². The molecule has 1 amide bonds. The monoisotopic (exact) mass is 366 g/mol. The Balaban J connectivity index is 1.54. The van der Waals surface area contributed by atoms with Crippen LogP contribution in [0.25, 0.3) is 11.5 Å². The van der Waals surface area contributed by atoms with Crippen molar-refractivity contribution in [3.8, 4) is 11.5 Å². The van der Waals surface area contributed by atoms with Gasteiger partial charge < -0.3 is 14.1 Å². The van der Waals surface area contributed by atoms with Crippen molar-refractivity contribution >= 4 is 5.91 Å². The highest BCUT2D eigenvalue weighted by molar-refractivity contribution is 5.93. The normalized spacial score (nSPS) is 17.1. The number of carbonyl (C=O) groups is 1. The van der Waals surface area contributed by atoms with E-state index < -0.39 is 0 Å². The fourth-order valence-electron chi connectivity index (χ4n) is 3.16. The van der Waals surface area contributed by atoms with Crippen LogP contribution in [0.3, 0.4) is 0 Å². The van der Waals surface area contributed by atoms with Crippen molar-refractivity contribution < 1.29 is 18.3 Å². The summed E-state index contributed by atoms with van der Waals surface area (Å²) in [6, 6.07) is 15.6. The molecule has 0 radical (unpaired) electrons. The largest absolute Gasteiger partial charge is 0.441 e. The number of halogens is 1. The number of amides is 1. The summed E-state index contributed by atoms with van der Waals surface area (Å²) in [6.45, 7) is 3.02. The topological polar surface area (TPSA) is 55.6 Å². The van der Waals surface area contributed by atoms with E-state index in [1.54, 1.807) is 24.0 Å². The molecule has 2 aromatic carbocycles. The van der Waals surface area contributed by atoms with Gasteiger partial charge in [-0.05, 0) is 36.8 Å². The van der Waals surface area contributed by atoms with Crippen LogP contribution < -0.4 is 0 Å². The lowest BCUT2D eigenvalue weighted by molar-refractivity contribution is -0.0230. The second kappa shape index (κ2) is 7.32. The SMILES string of the molecule is Cc1oc(-c2ccccc2)nc1C(=O)N1CCOC(c2ccc(F)cc2)C1. The molecule has 0 N–H and O–H groups in total. The van der Waals surface area contributed by atoms with E-state index in [9.17, 15) is 9.18 Å². The number of hydrogen-bond acceptors (Lipinski definition) is 4. The fourth-order valence-corrected chi connectivity index (χ4v) is 3.16. The van der Waals surface area contributed by atoms with Gasteiger partial charge in [0.1, 0.15) is 17.7 Å². The van der Waals surface area contributed by atoms with Gasteiger partial charge in [0.25, 0.3) is 5.91 Å². The average Bonchev–Trinajstić information content (AvgIpc) is 3.10. The van der Waals surface area contributed by atoms with Crippen molar-refractivity contribution in [2.45, 2.75) is 13.0 Å². The van der Waals surface area contributed by atoms with Crippen molar-refractivity contribution in [3.63, 3.8) is 0 Å². The first kappa shape index (κ1) is 17.4. The molecule has 2 heterocycles. The van der Waals surface area contributed by atoms with Gasteiger partial charge in [-0.15, -0.1) is 0 Å². The number of morpholine rings is 1. The molecule has 1 atom stereocenters. The van der Waals surface area contributed by atoms with E-state index in [0.29, 0.717) is 37.0 Å². The van der Waals surface area contributed by atoms with E-state index in [1.165, 1.54) is 12.1 Å². The molecule has 1 aliphatic heterocycles. The summed E-state index contributed by atoms with van der Waals surface area (Å²) in [5.74, 6) is 0.437. The predicted octanol–water partition coefficient (Wildman–Crippen LogP) is 4.00. The van der Waals surface area contributed by atoms with Gasteiger partial charge in [-0.25, -0.2) is 9.37 Å². The van der Waals surface area contributed by atoms with Crippen LogP contribution in [0.1, 0.15) is 27.9 Å². The van der Waals surface area contributed by atoms with Gasteiger partial charge in [-0.2, -0.15) is 0 Å². The van der Waals surface area contributed by atoms with Crippen LogP contribution in [0.15, 0.2) is 59.0 Å². The molecule has 0 saturated carbocycles. The van der Waals surface area contributed by atoms with Crippen molar-refractivity contribution in [2.75, 3.05) is 19.7 Å². The first-order chi connectivity index (χ1) is 13.1. The zero-order valence-electron chi connectivity index (χ0n) is 14.9. The molecule has 1 saturated heterocycles. The summed E-state index contributed by atoms with van der Waals surface area (Å²) in [4.78, 5) is 19.1. The van der Waals surface area contributed by atoms with Gasteiger partial charge in [0.2, 0.25) is 5.89 Å². The fraction of sp³-hybridized carbons (Fsp3) is 0.238. The summed E-state index contributed by atoms with van der Waals surface area (Å²) >= 11 is 0. The zero-order valence-corrected chi connectivity index (χ0v) is 14.9. The van der Waals surface area contributed by atoms with Gasteiger partial charge in [-0.3, -0.25) is 4.79 Å². The number of carbonyl (C=O) groups excluding carboxylic acids is 1. The molecule has 0 aliphatic carbocycles. The third-order valence-corrected chi connectivity index (χ3v) is 4.62. The van der Waals surface area contributed by atoms with Gasteiger partial charge in [0, 0.05) is 12.1 Å². The summed E-state index contributed by atoms with van der Waals surface area (Å²) in [5.41, 5.74) is 1.98. The summed E-state index contributed by atoms with van der Waals surface area (Å²) in [5, 5.41) is 0. The predicted molar refractivity (Wildman–Crippen MR) is 97.7 cm³/mol. The van der Waals surface area contributed by atoms with Gasteiger partial charge in [0.05, 0.1) is 13.2 Å². The maximum Gasteiger partial charge on any atom is 0.276 e. The lowest BCUT2D eigenvalue weighted by atomic mass is 10.1. The lowest BCUT2D eigenvalue weighted by Gasteiger charge is -2.32. The van der Waals surface area contributed by atoms with E-state index >= 15 is 0 Å². The van der Waals surface area contributed by atoms with Gasteiger partial charge in [0.15, 0.2) is 5.69 Å². The molecule has 3 aromatic rings. The van der Waals surface area contributed by atoms with Gasteiger partial charge in [-0.1, -0.05) is 30.3 Å². The minimum Gasteiger partial charge on any atom is -0.441 e. The Hall–Kier alpha value is -2.99. The molecule has 1 fully saturated rings. The van der Waals surface area contributed by atoms with Crippen LogP contribution in [-0.4, -0.2) is 35.5 Å². The van der Waals surface area contributed by atoms with E-state index in [-0.39, 0.29) is 17.8 Å². The number of oxazole rings is 1. The second-order valence-electron chi connectivity index (χ2n) is 6.45. The van der Waals surface area contributed by atoms with Crippen LogP contribution in [0, 0.1) is 12.7 Å². The zero-order chi connectivity index (χ0) is 18.8. The lowest BCUT2D eigenvalue weighted by Crippen LogP contribution is -2.42. The molecular weight excluding hydrogens is 347 g/mol. The number of aromatic nitrogens is 1. The van der Waals surface area contributed by atoms with E-state index in [0.717, 1.165) is 11.1 Å². The Labute approximate surface area is 156 Å². The van der Waals surface area contributed by atoms with Crippen molar-refractivity contribution in [3.05, 3.63) is 77.4 Å².